The van der Waals surface area contributed by atoms with Gasteiger partial charge in [0.1, 0.15) is 0 Å². The van der Waals surface area contributed by atoms with Crippen molar-refractivity contribution in [1.29, 1.82) is 0 Å². The van der Waals surface area contributed by atoms with Crippen LogP contribution >= 0.6 is 23.2 Å². The predicted molar refractivity (Wildman–Crippen MR) is 149 cm³/mol. The monoisotopic (exact) mass is 512 g/mol. The maximum Gasteiger partial charge on any atom is 0.321 e. The first-order chi connectivity index (χ1) is 17.5. The van der Waals surface area contributed by atoms with E-state index in [1.54, 1.807) is 9.80 Å². The predicted octanol–water partition coefficient (Wildman–Crippen LogP) is 8.72. The van der Waals surface area contributed by atoms with Crippen molar-refractivity contribution in [2.75, 3.05) is 9.80 Å². The van der Waals surface area contributed by atoms with E-state index in [0.717, 1.165) is 32.7 Å². The van der Waals surface area contributed by atoms with Crippen LogP contribution in [0.4, 0.5) is 21.0 Å². The van der Waals surface area contributed by atoms with E-state index < -0.39 is 10.7 Å². The van der Waals surface area contributed by atoms with E-state index in [-0.39, 0.29) is 0 Å². The Morgan fingerprint density at radius 1 is 0.472 bits per heavy atom. The van der Waals surface area contributed by atoms with Crippen molar-refractivity contribution in [3.8, 4) is 0 Å². The first-order valence-electron chi connectivity index (χ1n) is 11.5. The molecule has 0 saturated heterocycles. The Morgan fingerprint density at radius 3 is 1.03 bits per heavy atom. The molecule has 0 atom stereocenters. The first-order valence-corrected chi connectivity index (χ1v) is 12.3. The minimum atomic E-state index is -0.587. The molecule has 0 bridgehead atoms. The zero-order chi connectivity index (χ0) is 25.1. The molecule has 0 aromatic heterocycles. The number of amides is 2. The molecule has 0 radical (unpaired) electrons. The van der Waals surface area contributed by atoms with Crippen LogP contribution in [0.5, 0.6) is 0 Å². The summed E-state index contributed by atoms with van der Waals surface area (Å²) in [5.74, 6) is 0. The number of carbonyl (C=O) groups excluding carboxylic acids is 2. The lowest BCUT2D eigenvalue weighted by Crippen LogP contribution is -2.28. The molecular formula is C30H22Cl2N2O2. The van der Waals surface area contributed by atoms with Crippen LogP contribution in [0, 0.1) is 0 Å². The minimum Gasteiger partial charge on any atom is -0.293 e. The van der Waals surface area contributed by atoms with E-state index in [4.69, 9.17) is 23.2 Å². The van der Waals surface area contributed by atoms with Gasteiger partial charge in [0.15, 0.2) is 0 Å². The molecule has 178 valence electrons. The van der Waals surface area contributed by atoms with Crippen LogP contribution in [0.25, 0.3) is 21.5 Å². The number of hydrogen-bond donors (Lipinski definition) is 0. The average molecular weight is 513 g/mol. The number of hydrogen-bond acceptors (Lipinski definition) is 2. The summed E-state index contributed by atoms with van der Waals surface area (Å²) in [7, 11) is 0. The lowest BCUT2D eigenvalue weighted by molar-refractivity contribution is 0.263. The smallest absolute Gasteiger partial charge is 0.293 e. The molecule has 0 heterocycles. The van der Waals surface area contributed by atoms with Gasteiger partial charge < -0.3 is 0 Å². The van der Waals surface area contributed by atoms with Gasteiger partial charge in [0.25, 0.3) is 0 Å². The van der Waals surface area contributed by atoms with Crippen LogP contribution in [0.15, 0.2) is 109 Å². The normalized spacial score (nSPS) is 10.9. The van der Waals surface area contributed by atoms with Crippen molar-refractivity contribution in [2.24, 2.45) is 0 Å². The zero-order valence-corrected chi connectivity index (χ0v) is 20.8. The van der Waals surface area contributed by atoms with Crippen LogP contribution in [0.2, 0.25) is 0 Å². The molecule has 0 saturated carbocycles. The van der Waals surface area contributed by atoms with E-state index >= 15 is 0 Å². The second-order valence-electron chi connectivity index (χ2n) is 8.44. The van der Waals surface area contributed by atoms with Crippen molar-refractivity contribution < 1.29 is 9.59 Å². The van der Waals surface area contributed by atoms with Gasteiger partial charge in [-0.1, -0.05) is 109 Å². The second-order valence-corrected chi connectivity index (χ2v) is 9.08. The fraction of sp³-hybridized carbons (Fsp3) is 0.0667. The Morgan fingerprint density at radius 2 is 0.750 bits per heavy atom. The van der Waals surface area contributed by atoms with E-state index in [9.17, 15) is 9.59 Å². The summed E-state index contributed by atoms with van der Waals surface area (Å²) in [5.41, 5.74) is 3.28. The van der Waals surface area contributed by atoms with Crippen LogP contribution in [0.1, 0.15) is 11.1 Å². The number of rotatable bonds is 6. The molecule has 0 unspecified atom stereocenters. The standard InChI is InChI=1S/C30H22Cl2N2O2/c31-29(35)33(19-21-11-3-1-4-12-21)27-23-15-7-9-17-25(23)28(26-18-10-8-16-24(26)27)34(30(32)36)20-22-13-5-2-6-14-22/h1-18H,19-20H2. The highest BCUT2D eigenvalue weighted by Crippen LogP contribution is 2.44. The summed E-state index contributed by atoms with van der Waals surface area (Å²) in [6, 6.07) is 34.8. The summed E-state index contributed by atoms with van der Waals surface area (Å²) in [4.78, 5) is 28.8. The van der Waals surface area contributed by atoms with E-state index in [1.807, 2.05) is 109 Å². The summed E-state index contributed by atoms with van der Waals surface area (Å²) < 4.78 is 0. The van der Waals surface area contributed by atoms with Crippen molar-refractivity contribution in [1.82, 2.24) is 0 Å². The Kier molecular flexibility index (Phi) is 6.90. The van der Waals surface area contributed by atoms with Gasteiger partial charge in [-0.2, -0.15) is 0 Å². The third kappa shape index (κ3) is 4.66. The highest BCUT2D eigenvalue weighted by atomic mass is 35.5. The second kappa shape index (κ2) is 10.4. The molecule has 0 fully saturated rings. The molecule has 5 aromatic rings. The van der Waals surface area contributed by atoms with E-state index in [0.29, 0.717) is 24.5 Å². The summed E-state index contributed by atoms with van der Waals surface area (Å²) in [6.45, 7) is 0.608. The first kappa shape index (κ1) is 23.9. The quantitative estimate of drug-likeness (QED) is 0.0986. The van der Waals surface area contributed by atoms with Gasteiger partial charge in [-0.15, -0.1) is 0 Å². The van der Waals surface area contributed by atoms with Gasteiger partial charge in [0.05, 0.1) is 24.5 Å². The molecular weight excluding hydrogens is 491 g/mol. The van der Waals surface area contributed by atoms with Gasteiger partial charge in [0.2, 0.25) is 0 Å². The molecule has 0 aliphatic rings. The molecule has 4 nitrogen and oxygen atoms in total. The zero-order valence-electron chi connectivity index (χ0n) is 19.3. The number of anilines is 2. The van der Waals surface area contributed by atoms with Crippen LogP contribution in [-0.2, 0) is 13.1 Å². The van der Waals surface area contributed by atoms with Gasteiger partial charge in [-0.05, 0) is 34.3 Å². The highest BCUT2D eigenvalue weighted by Gasteiger charge is 2.26. The topological polar surface area (TPSA) is 40.6 Å². The number of halogens is 2. The Labute approximate surface area is 219 Å². The van der Waals surface area contributed by atoms with Crippen LogP contribution < -0.4 is 9.80 Å². The van der Waals surface area contributed by atoms with E-state index in [1.165, 1.54) is 0 Å². The highest BCUT2D eigenvalue weighted by molar-refractivity contribution is 6.67. The van der Waals surface area contributed by atoms with Crippen LogP contribution in [0.3, 0.4) is 0 Å². The van der Waals surface area contributed by atoms with Crippen molar-refractivity contribution in [2.45, 2.75) is 13.1 Å². The number of fused-ring (bicyclic) bond motifs is 2. The molecule has 0 N–H and O–H groups in total. The van der Waals surface area contributed by atoms with Gasteiger partial charge in [-0.25, -0.2) is 0 Å². The van der Waals surface area contributed by atoms with Crippen LogP contribution in [-0.4, -0.2) is 10.7 Å². The number of nitrogens with zero attached hydrogens (tertiary/aromatic N) is 2. The van der Waals surface area contributed by atoms with Crippen molar-refractivity contribution >= 4 is 66.9 Å². The molecule has 5 rings (SSSR count). The van der Waals surface area contributed by atoms with Crippen molar-refractivity contribution in [3.05, 3.63) is 120 Å². The largest absolute Gasteiger partial charge is 0.321 e. The van der Waals surface area contributed by atoms with E-state index in [2.05, 4.69) is 0 Å². The van der Waals surface area contributed by atoms with Gasteiger partial charge >= 0.3 is 10.7 Å². The lowest BCUT2D eigenvalue weighted by Gasteiger charge is -2.29. The average Bonchev–Trinajstić information content (AvgIpc) is 2.90. The lowest BCUT2D eigenvalue weighted by atomic mass is 9.96. The molecule has 5 aromatic carbocycles. The Hall–Kier alpha value is -3.86. The molecule has 6 heteroatoms. The molecule has 0 aliphatic heterocycles. The third-order valence-corrected chi connectivity index (χ3v) is 6.61. The summed E-state index contributed by atoms with van der Waals surface area (Å²) >= 11 is 12.4. The molecule has 0 aliphatic carbocycles. The van der Waals surface area contributed by atoms with Crippen molar-refractivity contribution in [3.63, 3.8) is 0 Å². The Bertz CT molecular complexity index is 1380. The number of benzene rings is 5. The number of carbonyl (C=O) groups is 2. The minimum absolute atomic E-state index is 0.304. The maximum absolute atomic E-state index is 12.8. The summed E-state index contributed by atoms with van der Waals surface area (Å²) in [6.07, 6.45) is 0. The fourth-order valence-corrected chi connectivity index (χ4v) is 4.94. The summed E-state index contributed by atoms with van der Waals surface area (Å²) in [5, 5.41) is 2.02. The SMILES string of the molecule is O=C(Cl)N(Cc1ccccc1)c1c2ccccc2c(N(Cc2ccccc2)C(=O)Cl)c2ccccc12. The maximum atomic E-state index is 12.8. The molecule has 2 amide bonds. The third-order valence-electron chi connectivity index (χ3n) is 6.21. The Balaban J connectivity index is 1.79. The van der Waals surface area contributed by atoms with Gasteiger partial charge in [-0.3, -0.25) is 19.4 Å². The van der Waals surface area contributed by atoms with Gasteiger partial charge in [0, 0.05) is 21.5 Å². The molecule has 0 spiro atoms. The molecule has 36 heavy (non-hydrogen) atoms. The fourth-order valence-electron chi connectivity index (χ4n) is 4.65.